The number of carbonyl (C=O) groups is 2. The smallest absolute Gasteiger partial charge is 0.244 e. The van der Waals surface area contributed by atoms with Crippen LogP contribution in [0.15, 0.2) is 36.4 Å². The summed E-state index contributed by atoms with van der Waals surface area (Å²) < 4.78 is 31.4. The Hall–Kier alpha value is -2.20. The molecule has 1 atom stereocenters. The second-order valence-corrected chi connectivity index (χ2v) is 11.3. The lowest BCUT2D eigenvalue weighted by molar-refractivity contribution is -0.139. The van der Waals surface area contributed by atoms with E-state index in [-0.39, 0.29) is 33.2 Å². The van der Waals surface area contributed by atoms with Crippen molar-refractivity contribution in [3.8, 4) is 5.75 Å². The van der Waals surface area contributed by atoms with Gasteiger partial charge in [0.15, 0.2) is 0 Å². The van der Waals surface area contributed by atoms with Crippen molar-refractivity contribution in [1.29, 1.82) is 0 Å². The van der Waals surface area contributed by atoms with E-state index in [0.29, 0.717) is 12.3 Å². The number of methoxy groups -OCH3 is 1. The Morgan fingerprint density at radius 3 is 2.22 bits per heavy atom. The maximum absolute atomic E-state index is 13.6. The number of nitrogens with zero attached hydrogens (tertiary/aromatic N) is 2. The van der Waals surface area contributed by atoms with Gasteiger partial charge in [-0.1, -0.05) is 60.3 Å². The minimum Gasteiger partial charge on any atom is -0.497 e. The van der Waals surface area contributed by atoms with Crippen LogP contribution in [0.1, 0.15) is 32.3 Å². The normalized spacial score (nSPS) is 12.1. The fourth-order valence-electron chi connectivity index (χ4n) is 3.34. The van der Waals surface area contributed by atoms with Crippen LogP contribution < -0.4 is 14.4 Å². The summed E-state index contributed by atoms with van der Waals surface area (Å²) >= 11 is 18.3. The molecule has 198 valence electrons. The minimum atomic E-state index is -3.96. The lowest BCUT2D eigenvalue weighted by Crippen LogP contribution is -2.51. The van der Waals surface area contributed by atoms with E-state index in [1.165, 1.54) is 17.0 Å². The molecule has 0 radical (unpaired) electrons. The standard InChI is InChI=1S/C24H30Cl3N3O5S/c1-5-6-11-28-24(32)16(2)29(14-17-7-9-18(35-3)10-8-17)23(31)15-30(36(4,33)34)22-13-20(26)19(25)12-21(22)27/h7-10,12-13,16H,5-6,11,14-15H2,1-4H3,(H,28,32)/t16-/m0/s1. The van der Waals surface area contributed by atoms with E-state index in [0.717, 1.165) is 29.0 Å². The van der Waals surface area contributed by atoms with Gasteiger partial charge in [-0.05, 0) is 43.2 Å². The molecule has 2 rings (SSSR count). The van der Waals surface area contributed by atoms with Gasteiger partial charge in [0, 0.05) is 13.1 Å². The van der Waals surface area contributed by atoms with Crippen LogP contribution in [-0.2, 0) is 26.2 Å². The van der Waals surface area contributed by atoms with E-state index in [1.807, 2.05) is 6.92 Å². The molecule has 2 aromatic carbocycles. The summed E-state index contributed by atoms with van der Waals surface area (Å²) in [7, 11) is -2.42. The lowest BCUT2D eigenvalue weighted by Gasteiger charge is -2.31. The van der Waals surface area contributed by atoms with E-state index < -0.39 is 28.5 Å². The van der Waals surface area contributed by atoms with Gasteiger partial charge in [-0.25, -0.2) is 8.42 Å². The third-order valence-corrected chi connectivity index (χ3v) is 7.60. The quantitative estimate of drug-likeness (QED) is 0.290. The number of nitrogens with one attached hydrogen (secondary N) is 1. The predicted molar refractivity (Wildman–Crippen MR) is 145 cm³/mol. The molecular formula is C24H30Cl3N3O5S. The number of halogens is 3. The number of sulfonamides is 1. The first-order valence-electron chi connectivity index (χ1n) is 11.2. The summed E-state index contributed by atoms with van der Waals surface area (Å²) in [5, 5.41) is 3.05. The van der Waals surface area contributed by atoms with E-state index in [1.54, 1.807) is 38.3 Å². The molecule has 0 aliphatic heterocycles. The highest BCUT2D eigenvalue weighted by atomic mass is 35.5. The third kappa shape index (κ3) is 8.16. The first-order chi connectivity index (χ1) is 16.9. The Labute approximate surface area is 227 Å². The molecule has 0 fully saturated rings. The molecule has 0 saturated heterocycles. The fraction of sp³-hybridized carbons (Fsp3) is 0.417. The van der Waals surface area contributed by atoms with Crippen LogP contribution in [0.25, 0.3) is 0 Å². The summed E-state index contributed by atoms with van der Waals surface area (Å²) in [4.78, 5) is 27.7. The molecule has 12 heteroatoms. The summed E-state index contributed by atoms with van der Waals surface area (Å²) in [5.41, 5.74) is 0.738. The number of hydrogen-bond donors (Lipinski definition) is 1. The van der Waals surface area contributed by atoms with E-state index >= 15 is 0 Å². The molecule has 2 amide bonds. The van der Waals surface area contributed by atoms with Crippen molar-refractivity contribution in [3.05, 3.63) is 57.0 Å². The second-order valence-electron chi connectivity index (χ2n) is 8.18. The van der Waals surface area contributed by atoms with E-state index in [4.69, 9.17) is 39.5 Å². The van der Waals surface area contributed by atoms with Crippen molar-refractivity contribution < 1.29 is 22.7 Å². The summed E-state index contributed by atoms with van der Waals surface area (Å²) in [6.07, 6.45) is 2.65. The summed E-state index contributed by atoms with van der Waals surface area (Å²) in [6.45, 7) is 3.54. The lowest BCUT2D eigenvalue weighted by atomic mass is 10.1. The average molecular weight is 579 g/mol. The Bertz CT molecular complexity index is 1180. The summed E-state index contributed by atoms with van der Waals surface area (Å²) in [5.74, 6) is -0.306. The monoisotopic (exact) mass is 577 g/mol. The number of amides is 2. The zero-order chi connectivity index (χ0) is 27.0. The molecule has 0 aliphatic carbocycles. The van der Waals surface area contributed by atoms with Gasteiger partial charge < -0.3 is 15.0 Å². The van der Waals surface area contributed by atoms with Crippen LogP contribution in [-0.4, -0.2) is 57.6 Å². The van der Waals surface area contributed by atoms with Crippen molar-refractivity contribution in [1.82, 2.24) is 10.2 Å². The number of carbonyl (C=O) groups excluding carboxylic acids is 2. The van der Waals surface area contributed by atoms with Crippen molar-refractivity contribution in [2.45, 2.75) is 39.3 Å². The minimum absolute atomic E-state index is 0.00589. The number of rotatable bonds is 12. The van der Waals surface area contributed by atoms with E-state index in [2.05, 4.69) is 5.32 Å². The first kappa shape index (κ1) is 30.0. The van der Waals surface area contributed by atoms with Crippen LogP contribution in [0.5, 0.6) is 5.75 Å². The molecule has 8 nitrogen and oxygen atoms in total. The van der Waals surface area contributed by atoms with Crippen molar-refractivity contribution >= 4 is 62.3 Å². The van der Waals surface area contributed by atoms with E-state index in [9.17, 15) is 18.0 Å². The van der Waals surface area contributed by atoms with Gasteiger partial charge in [0.1, 0.15) is 18.3 Å². The molecular weight excluding hydrogens is 549 g/mol. The Morgan fingerprint density at radius 2 is 1.67 bits per heavy atom. The van der Waals surface area contributed by atoms with Gasteiger partial charge in [-0.2, -0.15) is 0 Å². The molecule has 0 bridgehead atoms. The third-order valence-electron chi connectivity index (χ3n) is 5.45. The highest BCUT2D eigenvalue weighted by Crippen LogP contribution is 2.35. The van der Waals surface area contributed by atoms with Crippen LogP contribution in [0.2, 0.25) is 15.1 Å². The van der Waals surface area contributed by atoms with Gasteiger partial charge in [0.25, 0.3) is 0 Å². The predicted octanol–water partition coefficient (Wildman–Crippen LogP) is 4.76. The summed E-state index contributed by atoms with van der Waals surface area (Å²) in [6, 6.07) is 8.74. The maximum atomic E-state index is 13.6. The highest BCUT2D eigenvalue weighted by Gasteiger charge is 2.31. The zero-order valence-corrected chi connectivity index (χ0v) is 23.6. The molecule has 2 aromatic rings. The fourth-order valence-corrected chi connectivity index (χ4v) is 4.89. The molecule has 1 N–H and O–H groups in total. The molecule has 0 aliphatic rings. The van der Waals surface area contributed by atoms with Gasteiger partial charge >= 0.3 is 0 Å². The van der Waals surface area contributed by atoms with Crippen LogP contribution >= 0.6 is 34.8 Å². The second kappa shape index (κ2) is 13.4. The van der Waals surface area contributed by atoms with Crippen molar-refractivity contribution in [2.24, 2.45) is 0 Å². The molecule has 0 unspecified atom stereocenters. The number of benzene rings is 2. The van der Waals surface area contributed by atoms with Gasteiger partial charge in [0.05, 0.1) is 34.1 Å². The van der Waals surface area contributed by atoms with Crippen molar-refractivity contribution in [2.75, 3.05) is 30.8 Å². The molecule has 0 saturated carbocycles. The largest absolute Gasteiger partial charge is 0.497 e. The average Bonchev–Trinajstić information content (AvgIpc) is 2.82. The van der Waals surface area contributed by atoms with Gasteiger partial charge in [-0.15, -0.1) is 0 Å². The Morgan fingerprint density at radius 1 is 1.06 bits per heavy atom. The molecule has 36 heavy (non-hydrogen) atoms. The van der Waals surface area contributed by atoms with Gasteiger partial charge in [-0.3, -0.25) is 13.9 Å². The van der Waals surface area contributed by atoms with Crippen LogP contribution in [0.4, 0.5) is 5.69 Å². The first-order valence-corrected chi connectivity index (χ1v) is 14.2. The SMILES string of the molecule is CCCCNC(=O)[C@H](C)N(Cc1ccc(OC)cc1)C(=O)CN(c1cc(Cl)c(Cl)cc1Cl)S(C)(=O)=O. The van der Waals surface area contributed by atoms with Crippen LogP contribution in [0.3, 0.4) is 0 Å². The topological polar surface area (TPSA) is 96.0 Å². The number of unbranched alkanes of at least 4 members (excludes halogenated alkanes) is 1. The van der Waals surface area contributed by atoms with Gasteiger partial charge in [0.2, 0.25) is 21.8 Å². The molecule has 0 aromatic heterocycles. The maximum Gasteiger partial charge on any atom is 0.244 e. The number of hydrogen-bond acceptors (Lipinski definition) is 5. The molecule has 0 heterocycles. The Balaban J connectivity index is 2.41. The highest BCUT2D eigenvalue weighted by molar-refractivity contribution is 7.92. The Kier molecular flexibility index (Phi) is 11.2. The number of anilines is 1. The van der Waals surface area contributed by atoms with Crippen molar-refractivity contribution in [3.63, 3.8) is 0 Å². The molecule has 0 spiro atoms. The van der Waals surface area contributed by atoms with Crippen LogP contribution in [0, 0.1) is 0 Å². The number of ether oxygens (including phenoxy) is 1. The zero-order valence-electron chi connectivity index (χ0n) is 20.6.